The number of benzene rings is 2. The largest absolute Gasteiger partial charge is 0.371 e. The Kier molecular flexibility index (Phi) is 9.75. The second-order valence-corrected chi connectivity index (χ2v) is 13.1. The van der Waals surface area contributed by atoms with E-state index >= 15 is 0 Å². The molecule has 39 heavy (non-hydrogen) atoms. The van der Waals surface area contributed by atoms with E-state index in [4.69, 9.17) is 6.58 Å². The maximum atomic E-state index is 4.79. The van der Waals surface area contributed by atoms with Crippen molar-refractivity contribution < 1.29 is 0 Å². The second-order valence-electron chi connectivity index (χ2n) is 13.1. The van der Waals surface area contributed by atoms with E-state index in [1.165, 1.54) is 118 Å². The average molecular weight is 527 g/mol. The smallest absolute Gasteiger partial charge is 0.0429 e. The van der Waals surface area contributed by atoms with Crippen LogP contribution in [0.15, 0.2) is 54.7 Å². The van der Waals surface area contributed by atoms with Crippen LogP contribution in [0.2, 0.25) is 0 Å². The molecule has 0 bridgehead atoms. The zero-order valence-corrected chi connectivity index (χ0v) is 25.3. The van der Waals surface area contributed by atoms with E-state index in [1.54, 1.807) is 5.56 Å². The highest BCUT2D eigenvalue weighted by Crippen LogP contribution is 2.40. The molecule has 5 rings (SSSR count). The monoisotopic (exact) mass is 526 g/mol. The molecule has 1 atom stereocenters. The second kappa shape index (κ2) is 13.4. The van der Waals surface area contributed by atoms with Crippen molar-refractivity contribution in [2.24, 2.45) is 17.8 Å². The van der Waals surface area contributed by atoms with Crippen LogP contribution in [0.5, 0.6) is 0 Å². The minimum Gasteiger partial charge on any atom is -0.371 e. The lowest BCUT2D eigenvalue weighted by molar-refractivity contribution is 0.323. The highest BCUT2D eigenvalue weighted by molar-refractivity contribution is 5.62. The average Bonchev–Trinajstić information content (AvgIpc) is 3.45. The fraction of sp³-hybridized carbons (Fsp3) is 0.622. The van der Waals surface area contributed by atoms with Gasteiger partial charge in [-0.2, -0.15) is 0 Å². The van der Waals surface area contributed by atoms with E-state index in [0.29, 0.717) is 5.92 Å². The molecule has 2 saturated carbocycles. The van der Waals surface area contributed by atoms with Gasteiger partial charge in [-0.1, -0.05) is 70.4 Å². The van der Waals surface area contributed by atoms with E-state index in [0.717, 1.165) is 30.7 Å². The fourth-order valence-corrected chi connectivity index (χ4v) is 7.92. The number of allylic oxidation sites excluding steroid dienone is 1. The van der Waals surface area contributed by atoms with Gasteiger partial charge in [0.2, 0.25) is 0 Å². The lowest BCUT2D eigenvalue weighted by atomic mass is 9.77. The summed E-state index contributed by atoms with van der Waals surface area (Å²) in [5.41, 5.74) is 8.75. The third kappa shape index (κ3) is 6.93. The van der Waals surface area contributed by atoms with Gasteiger partial charge in [0, 0.05) is 36.7 Å². The van der Waals surface area contributed by atoms with Crippen molar-refractivity contribution in [3.63, 3.8) is 0 Å². The quantitative estimate of drug-likeness (QED) is 0.304. The molecule has 1 unspecified atom stereocenters. The molecule has 3 aliphatic rings. The predicted molar refractivity (Wildman–Crippen MR) is 170 cm³/mol. The molecular weight excluding hydrogens is 472 g/mol. The summed E-state index contributed by atoms with van der Waals surface area (Å²) in [5.74, 6) is 3.00. The third-order valence-electron chi connectivity index (χ3n) is 10.4. The molecular formula is C37H54N2. The summed E-state index contributed by atoms with van der Waals surface area (Å²) >= 11 is 0. The highest BCUT2D eigenvalue weighted by Gasteiger charge is 2.29. The number of aryl methyl sites for hydroxylation is 2. The van der Waals surface area contributed by atoms with E-state index in [9.17, 15) is 0 Å². The van der Waals surface area contributed by atoms with Crippen LogP contribution >= 0.6 is 0 Å². The number of anilines is 2. The maximum Gasteiger partial charge on any atom is 0.0429 e. The van der Waals surface area contributed by atoms with Gasteiger partial charge in [-0.15, -0.1) is 0 Å². The summed E-state index contributed by atoms with van der Waals surface area (Å²) in [6, 6.07) is 16.8. The van der Waals surface area contributed by atoms with Crippen LogP contribution < -0.4 is 9.80 Å². The first-order valence-electron chi connectivity index (χ1n) is 16.5. The van der Waals surface area contributed by atoms with Crippen LogP contribution in [0, 0.1) is 24.7 Å². The van der Waals surface area contributed by atoms with Gasteiger partial charge >= 0.3 is 0 Å². The summed E-state index contributed by atoms with van der Waals surface area (Å²) < 4.78 is 0. The van der Waals surface area contributed by atoms with Crippen molar-refractivity contribution >= 4 is 11.4 Å². The Morgan fingerprint density at radius 2 is 1.69 bits per heavy atom. The Labute approximate surface area is 239 Å². The summed E-state index contributed by atoms with van der Waals surface area (Å²) in [6.45, 7) is 15.2. The van der Waals surface area contributed by atoms with E-state index in [-0.39, 0.29) is 0 Å². The zero-order valence-electron chi connectivity index (χ0n) is 25.3. The number of rotatable bonds is 10. The lowest BCUT2D eigenvalue weighted by Crippen LogP contribution is -2.34. The number of hydrogen-bond donors (Lipinski definition) is 0. The van der Waals surface area contributed by atoms with Gasteiger partial charge < -0.3 is 9.80 Å². The molecule has 2 aromatic carbocycles. The van der Waals surface area contributed by atoms with Crippen LogP contribution in [0.1, 0.15) is 114 Å². The molecule has 2 aliphatic carbocycles. The van der Waals surface area contributed by atoms with Crippen LogP contribution in [0.25, 0.3) is 0 Å². The Morgan fingerprint density at radius 3 is 2.41 bits per heavy atom. The van der Waals surface area contributed by atoms with Crippen molar-refractivity contribution in [3.05, 3.63) is 71.4 Å². The zero-order chi connectivity index (χ0) is 27.2. The van der Waals surface area contributed by atoms with Crippen LogP contribution in [0.3, 0.4) is 0 Å². The molecule has 0 amide bonds. The first-order chi connectivity index (χ1) is 19.1. The van der Waals surface area contributed by atoms with Crippen LogP contribution in [-0.2, 0) is 6.42 Å². The molecule has 0 aromatic heterocycles. The van der Waals surface area contributed by atoms with Gasteiger partial charge in [0.05, 0.1) is 0 Å². The lowest BCUT2D eigenvalue weighted by Gasteiger charge is -2.38. The molecule has 2 heteroatoms. The molecule has 0 N–H and O–H groups in total. The Bertz CT molecular complexity index is 1070. The molecule has 1 heterocycles. The molecule has 3 fully saturated rings. The van der Waals surface area contributed by atoms with E-state index < -0.39 is 0 Å². The number of hydrogen-bond acceptors (Lipinski definition) is 2. The maximum absolute atomic E-state index is 4.79. The molecule has 2 nitrogen and oxygen atoms in total. The normalized spacial score (nSPS) is 24.2. The van der Waals surface area contributed by atoms with Crippen LogP contribution in [0.4, 0.5) is 11.4 Å². The van der Waals surface area contributed by atoms with Crippen molar-refractivity contribution in [2.75, 3.05) is 29.4 Å². The molecule has 1 aliphatic heterocycles. The standard InChI is InChI=1S/C37H54N2/c1-5-11-30-22-23-38(26-30)36-14-10-15-37(25-36)39(29(4)33-12-8-7-9-13-33)27-31-16-18-34(19-17-31)35-21-20-32(6-2)28(3)24-35/h10,14-15,20-21,24-25,30-31,33-34H,4-9,11-13,16-19,22-23,26-27H2,1-3H3. The van der Waals surface area contributed by atoms with Gasteiger partial charge in [-0.05, 0) is 123 Å². The predicted octanol–water partition coefficient (Wildman–Crippen LogP) is 10.1. The minimum atomic E-state index is 0.652. The summed E-state index contributed by atoms with van der Waals surface area (Å²) in [7, 11) is 0. The molecule has 1 saturated heterocycles. The van der Waals surface area contributed by atoms with Gasteiger partial charge in [-0.25, -0.2) is 0 Å². The number of nitrogens with zero attached hydrogens (tertiary/aromatic N) is 2. The van der Waals surface area contributed by atoms with Crippen molar-refractivity contribution in [1.29, 1.82) is 0 Å². The first kappa shape index (κ1) is 28.3. The molecule has 212 valence electrons. The summed E-state index contributed by atoms with van der Waals surface area (Å²) in [4.78, 5) is 5.31. The van der Waals surface area contributed by atoms with Crippen molar-refractivity contribution in [3.8, 4) is 0 Å². The topological polar surface area (TPSA) is 6.48 Å². The van der Waals surface area contributed by atoms with Crippen LogP contribution in [-0.4, -0.2) is 19.6 Å². The fourth-order valence-electron chi connectivity index (χ4n) is 7.92. The minimum absolute atomic E-state index is 0.652. The SMILES string of the molecule is C=C(C1CCCCC1)N(CC1CCC(c2ccc(CC)c(C)c2)CC1)c1cccc(N2CCC(CCC)C2)c1. The summed E-state index contributed by atoms with van der Waals surface area (Å²) in [5, 5.41) is 0. The Hall–Kier alpha value is -2.22. The van der Waals surface area contributed by atoms with E-state index in [2.05, 4.69) is 73.0 Å². The molecule has 2 aromatic rings. The Balaban J connectivity index is 1.29. The molecule has 0 radical (unpaired) electrons. The molecule has 0 spiro atoms. The van der Waals surface area contributed by atoms with Crippen molar-refractivity contribution in [2.45, 2.75) is 110 Å². The summed E-state index contributed by atoms with van der Waals surface area (Å²) in [6.07, 6.45) is 17.2. The third-order valence-corrected chi connectivity index (χ3v) is 10.4. The van der Waals surface area contributed by atoms with E-state index in [1.807, 2.05) is 0 Å². The van der Waals surface area contributed by atoms with Crippen molar-refractivity contribution in [1.82, 2.24) is 0 Å². The van der Waals surface area contributed by atoms with Gasteiger partial charge in [0.15, 0.2) is 0 Å². The van der Waals surface area contributed by atoms with Gasteiger partial charge in [-0.3, -0.25) is 0 Å². The Morgan fingerprint density at radius 1 is 0.897 bits per heavy atom. The highest BCUT2D eigenvalue weighted by atomic mass is 15.2. The van der Waals surface area contributed by atoms with Gasteiger partial charge in [0.25, 0.3) is 0 Å². The van der Waals surface area contributed by atoms with Gasteiger partial charge in [0.1, 0.15) is 0 Å². The first-order valence-corrected chi connectivity index (χ1v) is 16.5.